The van der Waals surface area contributed by atoms with E-state index < -0.39 is 17.6 Å². The van der Waals surface area contributed by atoms with Gasteiger partial charge in [-0.2, -0.15) is 0 Å². The van der Waals surface area contributed by atoms with Crippen molar-refractivity contribution < 1.29 is 19.2 Å². The molecule has 127 valence electrons. The molecule has 2 amide bonds. The predicted molar refractivity (Wildman–Crippen MR) is 87.4 cm³/mol. The monoisotopic (exact) mass is 341 g/mol. The van der Waals surface area contributed by atoms with Gasteiger partial charge in [0.2, 0.25) is 0 Å². The third kappa shape index (κ3) is 6.64. The van der Waals surface area contributed by atoms with Gasteiger partial charge in [0, 0.05) is 5.38 Å². The van der Waals surface area contributed by atoms with Gasteiger partial charge in [-0.15, -0.1) is 11.3 Å². The van der Waals surface area contributed by atoms with Crippen molar-refractivity contribution in [3.05, 3.63) is 11.1 Å². The van der Waals surface area contributed by atoms with Crippen LogP contribution in [0.5, 0.6) is 0 Å². The molecular formula is C14H21N4O4S. The van der Waals surface area contributed by atoms with Gasteiger partial charge in [0.1, 0.15) is 17.4 Å². The lowest BCUT2D eigenvalue weighted by Gasteiger charge is -2.18. The number of nitrogens with one attached hydrogen (secondary N) is 2. The predicted octanol–water partition coefficient (Wildman–Crippen LogP) is 2.82. The number of nitrogens with zero attached hydrogens (tertiary/aromatic N) is 2. The summed E-state index contributed by atoms with van der Waals surface area (Å²) in [5, 5.41) is 7.92. The van der Waals surface area contributed by atoms with Gasteiger partial charge in [0.15, 0.2) is 10.8 Å². The summed E-state index contributed by atoms with van der Waals surface area (Å²) >= 11 is 1.09. The minimum atomic E-state index is -1.01. The van der Waals surface area contributed by atoms with E-state index in [-0.39, 0.29) is 22.6 Å². The zero-order chi connectivity index (χ0) is 17.6. The summed E-state index contributed by atoms with van der Waals surface area (Å²) in [5.74, 6) is -1.01. The van der Waals surface area contributed by atoms with Crippen molar-refractivity contribution in [3.63, 3.8) is 0 Å². The summed E-state index contributed by atoms with van der Waals surface area (Å²) in [6.45, 7) is 8.95. The molecule has 0 aliphatic rings. The number of anilines is 1. The van der Waals surface area contributed by atoms with Crippen LogP contribution in [-0.4, -0.2) is 34.4 Å². The van der Waals surface area contributed by atoms with E-state index in [0.717, 1.165) is 11.3 Å². The molecule has 0 fully saturated rings. The molecule has 1 aromatic heterocycles. The molecule has 1 heterocycles. The smallest absolute Gasteiger partial charge is 0.413 e. The summed E-state index contributed by atoms with van der Waals surface area (Å²) in [4.78, 5) is 32.2. The van der Waals surface area contributed by atoms with E-state index in [1.165, 1.54) is 5.38 Å². The zero-order valence-electron chi connectivity index (χ0n) is 13.8. The van der Waals surface area contributed by atoms with Crippen LogP contribution in [0.25, 0.3) is 0 Å². The summed E-state index contributed by atoms with van der Waals surface area (Å²) < 4.78 is 5.11. The first-order valence-electron chi connectivity index (χ1n) is 7.08. The van der Waals surface area contributed by atoms with E-state index in [0.29, 0.717) is 6.42 Å². The number of carbonyl (C=O) groups is 2. The molecule has 0 bridgehead atoms. The van der Waals surface area contributed by atoms with Crippen molar-refractivity contribution in [1.29, 1.82) is 0 Å². The topological polar surface area (TPSA) is 114 Å². The second-order valence-corrected chi connectivity index (χ2v) is 6.62. The molecule has 1 unspecified atom stereocenters. The summed E-state index contributed by atoms with van der Waals surface area (Å²) in [7, 11) is 0. The van der Waals surface area contributed by atoms with Crippen molar-refractivity contribution in [3.8, 4) is 0 Å². The standard InChI is InChI=1S/C14H21N4O4S/c1-6-8(2)22-18-10(11(15)19)9-7-23-12(16-9)17-13(20)21-14(3,4)5/h7-8,15H,6H2,1-5H3,(H,16,17,20). The van der Waals surface area contributed by atoms with Crippen molar-refractivity contribution in [2.24, 2.45) is 5.16 Å². The highest BCUT2D eigenvalue weighted by Gasteiger charge is 2.20. The number of rotatable bonds is 6. The molecule has 1 radical (unpaired) electrons. The third-order valence-electron chi connectivity index (χ3n) is 2.47. The number of thiazole rings is 1. The van der Waals surface area contributed by atoms with Crippen LogP contribution in [0, 0.1) is 0 Å². The van der Waals surface area contributed by atoms with Crippen LogP contribution >= 0.6 is 11.3 Å². The highest BCUT2D eigenvalue weighted by atomic mass is 32.1. The Morgan fingerprint density at radius 2 is 2.13 bits per heavy atom. The molecule has 0 spiro atoms. The number of hydrogen-bond acceptors (Lipinski definition) is 7. The highest BCUT2D eigenvalue weighted by molar-refractivity contribution is 7.14. The Hall–Kier alpha value is -2.16. The summed E-state index contributed by atoms with van der Waals surface area (Å²) in [6.07, 6.45) is -0.113. The molecule has 1 rings (SSSR count). The molecule has 0 aromatic carbocycles. The van der Waals surface area contributed by atoms with Crippen molar-refractivity contribution in [2.45, 2.75) is 52.7 Å². The fraction of sp³-hybridized carbons (Fsp3) is 0.571. The van der Waals surface area contributed by atoms with Gasteiger partial charge in [0.25, 0.3) is 5.91 Å². The Bertz CT molecular complexity index is 592. The van der Waals surface area contributed by atoms with Gasteiger partial charge in [-0.1, -0.05) is 12.1 Å². The maximum atomic E-state index is 11.7. The van der Waals surface area contributed by atoms with Gasteiger partial charge in [-0.25, -0.2) is 9.78 Å². The first kappa shape index (κ1) is 18.9. The second kappa shape index (κ2) is 7.91. The van der Waals surface area contributed by atoms with E-state index in [1.807, 2.05) is 6.92 Å². The fourth-order valence-electron chi connectivity index (χ4n) is 1.25. The molecule has 0 aliphatic carbocycles. The molecule has 9 heteroatoms. The molecular weight excluding hydrogens is 320 g/mol. The number of hydrogen-bond donors (Lipinski definition) is 1. The Kier molecular flexibility index (Phi) is 6.49. The zero-order valence-corrected chi connectivity index (χ0v) is 14.6. The van der Waals surface area contributed by atoms with E-state index >= 15 is 0 Å². The van der Waals surface area contributed by atoms with Gasteiger partial charge in [-0.3, -0.25) is 15.8 Å². The van der Waals surface area contributed by atoms with Gasteiger partial charge in [0.05, 0.1) is 0 Å². The average molecular weight is 341 g/mol. The Labute approximate surface area is 139 Å². The van der Waals surface area contributed by atoms with E-state index in [2.05, 4.69) is 15.5 Å². The lowest BCUT2D eigenvalue weighted by atomic mass is 10.2. The lowest BCUT2D eigenvalue weighted by molar-refractivity contribution is -0.112. The number of carbonyl (C=O) groups excluding carboxylic acids is 2. The normalized spacial score (nSPS) is 13.3. The van der Waals surface area contributed by atoms with Crippen molar-refractivity contribution in [1.82, 2.24) is 10.7 Å². The molecule has 1 aromatic rings. The lowest BCUT2D eigenvalue weighted by Crippen LogP contribution is -2.27. The molecule has 2 N–H and O–H groups in total. The summed E-state index contributed by atoms with van der Waals surface area (Å²) in [5.41, 5.74) is 6.58. The molecule has 8 nitrogen and oxygen atoms in total. The summed E-state index contributed by atoms with van der Waals surface area (Å²) in [6, 6.07) is 0. The number of oxime groups is 1. The van der Waals surface area contributed by atoms with E-state index in [9.17, 15) is 9.59 Å². The third-order valence-corrected chi connectivity index (χ3v) is 3.23. The molecule has 0 aliphatic heterocycles. The van der Waals surface area contributed by atoms with Crippen LogP contribution in [0.1, 0.15) is 46.7 Å². The molecule has 23 heavy (non-hydrogen) atoms. The van der Waals surface area contributed by atoms with Crippen molar-refractivity contribution in [2.75, 3.05) is 5.32 Å². The van der Waals surface area contributed by atoms with Gasteiger partial charge >= 0.3 is 6.09 Å². The van der Waals surface area contributed by atoms with E-state index in [4.69, 9.17) is 15.3 Å². The van der Waals surface area contributed by atoms with Crippen LogP contribution in [0.15, 0.2) is 10.5 Å². The van der Waals surface area contributed by atoms with Crippen LogP contribution in [-0.2, 0) is 14.4 Å². The quantitative estimate of drug-likeness (QED) is 0.631. The minimum Gasteiger partial charge on any atom is -0.444 e. The van der Waals surface area contributed by atoms with E-state index in [1.54, 1.807) is 27.7 Å². The Morgan fingerprint density at radius 3 is 2.65 bits per heavy atom. The number of ether oxygens (including phenoxy) is 1. The number of aromatic nitrogens is 1. The first-order valence-corrected chi connectivity index (χ1v) is 7.96. The fourth-order valence-corrected chi connectivity index (χ4v) is 1.93. The second-order valence-electron chi connectivity index (χ2n) is 5.76. The van der Waals surface area contributed by atoms with Crippen molar-refractivity contribution >= 4 is 34.2 Å². The van der Waals surface area contributed by atoms with Gasteiger partial charge in [-0.05, 0) is 34.1 Å². The van der Waals surface area contributed by atoms with Crippen LogP contribution < -0.4 is 11.1 Å². The molecule has 0 saturated heterocycles. The maximum Gasteiger partial charge on any atom is 0.413 e. The minimum absolute atomic E-state index is 0.171. The largest absolute Gasteiger partial charge is 0.444 e. The average Bonchev–Trinajstić information content (AvgIpc) is 2.84. The van der Waals surface area contributed by atoms with Crippen LogP contribution in [0.3, 0.4) is 0 Å². The SMILES string of the molecule is CCC(C)ON=C(C([NH])=O)c1csc(NC(=O)OC(C)(C)C)n1. The molecule has 0 saturated carbocycles. The highest BCUT2D eigenvalue weighted by Crippen LogP contribution is 2.18. The van der Waals surface area contributed by atoms with Crippen LogP contribution in [0.2, 0.25) is 0 Å². The molecule has 1 atom stereocenters. The maximum absolute atomic E-state index is 11.7. The number of amides is 2. The Morgan fingerprint density at radius 1 is 1.48 bits per heavy atom. The van der Waals surface area contributed by atoms with Gasteiger partial charge < -0.3 is 9.57 Å². The van der Waals surface area contributed by atoms with Crippen LogP contribution in [0.4, 0.5) is 9.93 Å². The Balaban J connectivity index is 2.83. The first-order chi connectivity index (χ1) is 10.6.